The molecule has 0 heterocycles. The van der Waals surface area contributed by atoms with E-state index in [2.05, 4.69) is 9.32 Å². The highest BCUT2D eigenvalue weighted by atomic mass is 32.2. The van der Waals surface area contributed by atoms with Gasteiger partial charge in [0.2, 0.25) is 0 Å². The van der Waals surface area contributed by atoms with Gasteiger partial charge in [-0.25, -0.2) is 9.18 Å². The van der Waals surface area contributed by atoms with Gasteiger partial charge in [0.15, 0.2) is 0 Å². The van der Waals surface area contributed by atoms with Crippen LogP contribution >= 0.6 is 0 Å². The highest BCUT2D eigenvalue weighted by molar-refractivity contribution is 7.84. The minimum atomic E-state index is -4.36. The van der Waals surface area contributed by atoms with Gasteiger partial charge in [-0.3, -0.25) is 0 Å². The Morgan fingerprint density at radius 2 is 1.88 bits per heavy atom. The van der Waals surface area contributed by atoms with Crippen LogP contribution in [0.2, 0.25) is 0 Å². The van der Waals surface area contributed by atoms with Gasteiger partial charge in [0.25, 0.3) is 0 Å². The fraction of sp³-hybridized carbons (Fsp3) is 0.222. The number of benzene rings is 1. The summed E-state index contributed by atoms with van der Waals surface area (Å²) in [6.07, 6.45) is 0.0225. The van der Waals surface area contributed by atoms with Gasteiger partial charge in [0, 0.05) is 0 Å². The number of carbonyl (C=O) groups is 1. The molecule has 1 atom stereocenters. The van der Waals surface area contributed by atoms with Crippen LogP contribution in [0.4, 0.5) is 4.39 Å². The van der Waals surface area contributed by atoms with E-state index in [1.165, 1.54) is 24.3 Å². The summed E-state index contributed by atoms with van der Waals surface area (Å²) in [6.45, 7) is 0. The first-order chi connectivity index (χ1) is 7.78. The van der Waals surface area contributed by atoms with Crippen LogP contribution in [0.25, 0.3) is 0 Å². The Morgan fingerprint density at radius 3 is 2.35 bits per heavy atom. The highest BCUT2D eigenvalue weighted by Gasteiger charge is 2.20. The Morgan fingerprint density at radius 1 is 1.35 bits per heavy atom. The average molecular weight is 262 g/mol. The summed E-state index contributed by atoms with van der Waals surface area (Å²) in [5, 5.41) is 4.51. The van der Waals surface area contributed by atoms with Gasteiger partial charge < -0.3 is 9.92 Å². The van der Waals surface area contributed by atoms with Crippen molar-refractivity contribution in [2.45, 2.75) is 12.5 Å². The minimum Gasteiger partial charge on any atom is -0.333 e. The molecule has 17 heavy (non-hydrogen) atoms. The molecule has 0 amide bonds. The zero-order valence-corrected chi connectivity index (χ0v) is 9.48. The lowest BCUT2D eigenvalue weighted by molar-refractivity contribution is -0.135. The summed E-state index contributed by atoms with van der Waals surface area (Å²) < 4.78 is 37.4. The standard InChI is InChI=1S/C9H11FN2O4S/c10-7-3-1-6(2-4-7)5-8(11)9(13)16-17(12,14)15/h1-4,8H,5,11H2,(H2,12,14,15)/t8-/m0/s1. The topological polar surface area (TPSA) is 112 Å². The van der Waals surface area contributed by atoms with E-state index in [0.29, 0.717) is 5.56 Å². The van der Waals surface area contributed by atoms with Crippen molar-refractivity contribution in [2.24, 2.45) is 10.9 Å². The smallest absolute Gasteiger partial charge is 0.333 e. The van der Waals surface area contributed by atoms with Crippen molar-refractivity contribution in [3.05, 3.63) is 35.6 Å². The number of halogens is 1. The molecular formula is C9H11FN2O4S. The second-order valence-corrected chi connectivity index (χ2v) is 4.48. The Balaban J connectivity index is 2.63. The summed E-state index contributed by atoms with van der Waals surface area (Å²) >= 11 is 0. The molecule has 0 aromatic heterocycles. The van der Waals surface area contributed by atoms with Crippen molar-refractivity contribution in [1.29, 1.82) is 0 Å². The molecule has 6 nitrogen and oxygen atoms in total. The number of nitrogens with two attached hydrogens (primary N) is 2. The van der Waals surface area contributed by atoms with Crippen LogP contribution in [-0.2, 0) is 25.7 Å². The van der Waals surface area contributed by atoms with Crippen LogP contribution in [0.15, 0.2) is 24.3 Å². The van der Waals surface area contributed by atoms with Gasteiger partial charge in [-0.05, 0) is 24.1 Å². The summed E-state index contributed by atoms with van der Waals surface area (Å²) in [5.74, 6) is -1.58. The van der Waals surface area contributed by atoms with E-state index in [-0.39, 0.29) is 6.42 Å². The van der Waals surface area contributed by atoms with Gasteiger partial charge in [-0.1, -0.05) is 12.1 Å². The largest absolute Gasteiger partial charge is 0.382 e. The SMILES string of the molecule is N[C@@H](Cc1ccc(F)cc1)C(=O)OS(N)(=O)=O. The summed E-state index contributed by atoms with van der Waals surface area (Å²) in [6, 6.07) is 4.08. The van der Waals surface area contributed by atoms with E-state index in [1.807, 2.05) is 0 Å². The number of hydrogen-bond donors (Lipinski definition) is 2. The molecule has 1 aromatic rings. The van der Waals surface area contributed by atoms with E-state index in [0.717, 1.165) is 0 Å². The first kappa shape index (κ1) is 13.6. The average Bonchev–Trinajstić information content (AvgIpc) is 2.19. The normalized spacial score (nSPS) is 13.1. The molecule has 0 aliphatic rings. The quantitative estimate of drug-likeness (QED) is 0.755. The van der Waals surface area contributed by atoms with Crippen LogP contribution in [0.1, 0.15) is 5.56 Å². The molecule has 0 aliphatic heterocycles. The molecule has 1 rings (SSSR count). The van der Waals surface area contributed by atoms with Gasteiger partial charge in [0.1, 0.15) is 11.9 Å². The molecule has 8 heteroatoms. The summed E-state index contributed by atoms with van der Waals surface area (Å²) in [7, 11) is -4.36. The van der Waals surface area contributed by atoms with Crippen LogP contribution in [0.5, 0.6) is 0 Å². The van der Waals surface area contributed by atoms with Crippen LogP contribution in [-0.4, -0.2) is 20.4 Å². The second-order valence-electron chi connectivity index (χ2n) is 3.33. The van der Waals surface area contributed by atoms with Crippen molar-refractivity contribution >= 4 is 16.3 Å². The molecule has 1 aromatic carbocycles. The van der Waals surface area contributed by atoms with E-state index in [1.54, 1.807) is 0 Å². The zero-order chi connectivity index (χ0) is 13.1. The zero-order valence-electron chi connectivity index (χ0n) is 8.67. The molecule has 0 spiro atoms. The Labute approximate surface area is 97.6 Å². The van der Waals surface area contributed by atoms with Crippen molar-refractivity contribution in [2.75, 3.05) is 0 Å². The maximum Gasteiger partial charge on any atom is 0.382 e. The fourth-order valence-electron chi connectivity index (χ4n) is 1.13. The summed E-state index contributed by atoms with van der Waals surface area (Å²) in [4.78, 5) is 11.1. The lowest BCUT2D eigenvalue weighted by atomic mass is 10.1. The molecule has 0 saturated heterocycles. The van der Waals surface area contributed by atoms with Gasteiger partial charge >= 0.3 is 16.3 Å². The predicted octanol–water partition coefficient (Wildman–Crippen LogP) is -0.558. The number of rotatable bonds is 4. The fourth-order valence-corrected chi connectivity index (χ4v) is 1.49. The molecule has 0 saturated carbocycles. The molecular weight excluding hydrogens is 251 g/mol. The number of hydrogen-bond acceptors (Lipinski definition) is 5. The molecule has 94 valence electrons. The third kappa shape index (κ3) is 4.89. The van der Waals surface area contributed by atoms with Crippen molar-refractivity contribution < 1.29 is 21.8 Å². The third-order valence-electron chi connectivity index (χ3n) is 1.87. The lowest BCUT2D eigenvalue weighted by Crippen LogP contribution is -2.37. The maximum absolute atomic E-state index is 12.6. The maximum atomic E-state index is 12.6. The Kier molecular flexibility index (Phi) is 4.16. The van der Waals surface area contributed by atoms with Crippen LogP contribution in [0.3, 0.4) is 0 Å². The molecule has 0 aliphatic carbocycles. The Hall–Kier alpha value is -1.51. The molecule has 0 bridgehead atoms. The Bertz CT molecular complexity index is 500. The van der Waals surface area contributed by atoms with E-state index in [9.17, 15) is 17.6 Å². The first-order valence-electron chi connectivity index (χ1n) is 4.54. The van der Waals surface area contributed by atoms with E-state index >= 15 is 0 Å². The molecule has 0 radical (unpaired) electrons. The number of carbonyl (C=O) groups excluding carboxylic acids is 1. The van der Waals surface area contributed by atoms with Crippen LogP contribution < -0.4 is 10.9 Å². The van der Waals surface area contributed by atoms with Gasteiger partial charge in [-0.15, -0.1) is 0 Å². The third-order valence-corrected chi connectivity index (χ3v) is 2.27. The summed E-state index contributed by atoms with van der Waals surface area (Å²) in [5.41, 5.74) is 5.98. The highest BCUT2D eigenvalue weighted by Crippen LogP contribution is 2.06. The molecule has 0 unspecified atom stereocenters. The predicted molar refractivity (Wildman–Crippen MR) is 57.3 cm³/mol. The van der Waals surface area contributed by atoms with Crippen molar-refractivity contribution in [3.63, 3.8) is 0 Å². The first-order valence-corrected chi connectivity index (χ1v) is 6.01. The van der Waals surface area contributed by atoms with Crippen molar-refractivity contribution in [1.82, 2.24) is 0 Å². The van der Waals surface area contributed by atoms with Crippen LogP contribution in [0, 0.1) is 5.82 Å². The monoisotopic (exact) mass is 262 g/mol. The van der Waals surface area contributed by atoms with E-state index in [4.69, 9.17) is 5.73 Å². The van der Waals surface area contributed by atoms with Crippen molar-refractivity contribution in [3.8, 4) is 0 Å². The van der Waals surface area contributed by atoms with Gasteiger partial charge in [0.05, 0.1) is 0 Å². The second kappa shape index (κ2) is 5.21. The lowest BCUT2D eigenvalue weighted by Gasteiger charge is -2.09. The minimum absolute atomic E-state index is 0.0225. The molecule has 4 N–H and O–H groups in total. The van der Waals surface area contributed by atoms with Gasteiger partial charge in [-0.2, -0.15) is 13.6 Å². The van der Waals surface area contributed by atoms with E-state index < -0.39 is 28.1 Å². The molecule has 0 fully saturated rings.